The summed E-state index contributed by atoms with van der Waals surface area (Å²) in [6.45, 7) is 0. The van der Waals surface area contributed by atoms with Crippen molar-refractivity contribution in [3.8, 4) is 6.07 Å². The van der Waals surface area contributed by atoms with E-state index < -0.39 is 5.91 Å². The number of hydrogen-bond donors (Lipinski definition) is 1. The Morgan fingerprint density at radius 1 is 1.25 bits per heavy atom. The van der Waals surface area contributed by atoms with Gasteiger partial charge in [-0.25, -0.2) is 0 Å². The Hall–Kier alpha value is -1.54. The van der Waals surface area contributed by atoms with Crippen LogP contribution in [-0.2, 0) is 0 Å². The van der Waals surface area contributed by atoms with Gasteiger partial charge in [0.25, 0.3) is 5.91 Å². The highest BCUT2D eigenvalue weighted by atomic mass is 79.9. The van der Waals surface area contributed by atoms with Crippen LogP contribution in [0.2, 0.25) is 10.0 Å². The van der Waals surface area contributed by atoms with Crippen LogP contribution in [0.1, 0.15) is 15.9 Å². The lowest BCUT2D eigenvalue weighted by molar-refractivity contribution is 0.102. The Kier molecular flexibility index (Phi) is 4.66. The molecule has 1 N–H and O–H groups in total. The third-order valence-corrected chi connectivity index (χ3v) is 3.86. The van der Waals surface area contributed by atoms with Gasteiger partial charge in [-0.2, -0.15) is 5.26 Å². The molecule has 0 saturated carbocycles. The van der Waals surface area contributed by atoms with Crippen molar-refractivity contribution in [2.45, 2.75) is 0 Å². The number of carbonyl (C=O) groups is 1. The summed E-state index contributed by atoms with van der Waals surface area (Å²) in [6.07, 6.45) is 0. The molecule has 2 aromatic carbocycles. The van der Waals surface area contributed by atoms with E-state index >= 15 is 0 Å². The average molecular weight is 370 g/mol. The summed E-state index contributed by atoms with van der Waals surface area (Å²) in [5.74, 6) is -0.424. The number of benzene rings is 2. The van der Waals surface area contributed by atoms with Gasteiger partial charge in [-0.15, -0.1) is 0 Å². The largest absolute Gasteiger partial charge is 0.321 e. The van der Waals surface area contributed by atoms with Crippen LogP contribution in [0.3, 0.4) is 0 Å². The first-order valence-electron chi connectivity index (χ1n) is 5.48. The molecule has 0 aliphatic carbocycles. The van der Waals surface area contributed by atoms with Crippen molar-refractivity contribution in [3.63, 3.8) is 0 Å². The molecular formula is C14H7BrCl2N2O. The van der Waals surface area contributed by atoms with E-state index in [1.807, 2.05) is 6.07 Å². The maximum Gasteiger partial charge on any atom is 0.257 e. The summed E-state index contributed by atoms with van der Waals surface area (Å²) in [6, 6.07) is 11.8. The van der Waals surface area contributed by atoms with Gasteiger partial charge in [-0.05, 0) is 30.3 Å². The molecule has 2 rings (SSSR count). The molecule has 20 heavy (non-hydrogen) atoms. The fourth-order valence-corrected chi connectivity index (χ4v) is 2.33. The second kappa shape index (κ2) is 6.27. The van der Waals surface area contributed by atoms with Crippen molar-refractivity contribution in [2.24, 2.45) is 0 Å². The number of nitriles is 1. The smallest absolute Gasteiger partial charge is 0.257 e. The van der Waals surface area contributed by atoms with Gasteiger partial charge in [0.05, 0.1) is 26.9 Å². The van der Waals surface area contributed by atoms with Gasteiger partial charge >= 0.3 is 0 Å². The van der Waals surface area contributed by atoms with E-state index in [2.05, 4.69) is 21.2 Å². The molecule has 0 aromatic heterocycles. The maximum absolute atomic E-state index is 12.2. The average Bonchev–Trinajstić information content (AvgIpc) is 2.42. The molecule has 2 aromatic rings. The number of anilines is 1. The SMILES string of the molecule is N#Cc1ccc(Br)cc1NC(=O)c1cccc(Cl)c1Cl. The monoisotopic (exact) mass is 368 g/mol. The van der Waals surface area contributed by atoms with E-state index in [0.29, 0.717) is 16.3 Å². The van der Waals surface area contributed by atoms with Gasteiger partial charge in [0.15, 0.2) is 0 Å². The minimum Gasteiger partial charge on any atom is -0.321 e. The molecule has 0 fully saturated rings. The zero-order chi connectivity index (χ0) is 14.7. The molecule has 0 aliphatic rings. The van der Waals surface area contributed by atoms with Gasteiger partial charge in [0.2, 0.25) is 0 Å². The van der Waals surface area contributed by atoms with Crippen molar-refractivity contribution in [1.29, 1.82) is 5.26 Å². The Morgan fingerprint density at radius 3 is 2.70 bits per heavy atom. The molecule has 6 heteroatoms. The topological polar surface area (TPSA) is 52.9 Å². The lowest BCUT2D eigenvalue weighted by Gasteiger charge is -2.09. The van der Waals surface area contributed by atoms with E-state index in [4.69, 9.17) is 28.5 Å². The van der Waals surface area contributed by atoms with Crippen molar-refractivity contribution in [1.82, 2.24) is 0 Å². The molecule has 100 valence electrons. The van der Waals surface area contributed by atoms with Crippen LogP contribution in [0.5, 0.6) is 0 Å². The molecule has 0 saturated heterocycles. The zero-order valence-electron chi connectivity index (χ0n) is 9.95. The molecule has 0 radical (unpaired) electrons. The quantitative estimate of drug-likeness (QED) is 0.820. The summed E-state index contributed by atoms with van der Waals surface area (Å²) >= 11 is 15.2. The Labute approximate surface area is 134 Å². The second-order valence-electron chi connectivity index (χ2n) is 3.86. The minimum atomic E-state index is -0.424. The van der Waals surface area contributed by atoms with Crippen LogP contribution in [0.4, 0.5) is 5.69 Å². The number of halogens is 3. The summed E-state index contributed by atoms with van der Waals surface area (Å²) in [4.78, 5) is 12.2. The van der Waals surface area contributed by atoms with Crippen LogP contribution in [0, 0.1) is 11.3 Å². The second-order valence-corrected chi connectivity index (χ2v) is 5.56. The molecule has 1 amide bonds. The molecular weight excluding hydrogens is 363 g/mol. The number of nitrogens with zero attached hydrogens (tertiary/aromatic N) is 1. The van der Waals surface area contributed by atoms with Crippen LogP contribution in [0.25, 0.3) is 0 Å². The highest BCUT2D eigenvalue weighted by Gasteiger charge is 2.14. The van der Waals surface area contributed by atoms with Gasteiger partial charge in [-0.3, -0.25) is 4.79 Å². The van der Waals surface area contributed by atoms with Crippen LogP contribution in [-0.4, -0.2) is 5.91 Å². The molecule has 0 aliphatic heterocycles. The van der Waals surface area contributed by atoms with Crippen LogP contribution < -0.4 is 5.32 Å². The highest BCUT2D eigenvalue weighted by molar-refractivity contribution is 9.10. The van der Waals surface area contributed by atoms with Crippen molar-refractivity contribution in [2.75, 3.05) is 5.32 Å². The summed E-state index contributed by atoms with van der Waals surface area (Å²) in [5, 5.41) is 12.2. The Morgan fingerprint density at radius 2 is 2.00 bits per heavy atom. The van der Waals surface area contributed by atoms with Crippen molar-refractivity contribution >= 4 is 50.7 Å². The highest BCUT2D eigenvalue weighted by Crippen LogP contribution is 2.27. The van der Waals surface area contributed by atoms with E-state index in [0.717, 1.165) is 4.47 Å². The number of hydrogen-bond acceptors (Lipinski definition) is 2. The summed E-state index contributed by atoms with van der Waals surface area (Å²) < 4.78 is 0.754. The normalized spacial score (nSPS) is 9.90. The molecule has 0 atom stereocenters. The van der Waals surface area contributed by atoms with Gasteiger partial charge in [0, 0.05) is 4.47 Å². The first-order valence-corrected chi connectivity index (χ1v) is 7.03. The Bertz CT molecular complexity index is 726. The van der Waals surface area contributed by atoms with Crippen molar-refractivity contribution < 1.29 is 4.79 Å². The molecule has 0 bridgehead atoms. The third kappa shape index (κ3) is 3.13. The minimum absolute atomic E-state index is 0.181. The lowest BCUT2D eigenvalue weighted by Crippen LogP contribution is -2.13. The molecule has 3 nitrogen and oxygen atoms in total. The number of nitrogens with one attached hydrogen (secondary N) is 1. The Balaban J connectivity index is 2.35. The maximum atomic E-state index is 12.2. The summed E-state index contributed by atoms with van der Waals surface area (Å²) in [5.41, 5.74) is 1.02. The molecule has 0 unspecified atom stereocenters. The summed E-state index contributed by atoms with van der Waals surface area (Å²) in [7, 11) is 0. The predicted octanol–water partition coefficient (Wildman–Crippen LogP) is 4.88. The lowest BCUT2D eigenvalue weighted by atomic mass is 10.1. The van der Waals surface area contributed by atoms with Gasteiger partial charge < -0.3 is 5.32 Å². The van der Waals surface area contributed by atoms with Gasteiger partial charge in [-0.1, -0.05) is 45.2 Å². The van der Waals surface area contributed by atoms with Crippen molar-refractivity contribution in [3.05, 3.63) is 62.0 Å². The first-order chi connectivity index (χ1) is 9.52. The number of rotatable bonds is 2. The molecule has 0 spiro atoms. The number of amides is 1. The zero-order valence-corrected chi connectivity index (χ0v) is 13.1. The van der Waals surface area contributed by atoms with Crippen LogP contribution in [0.15, 0.2) is 40.9 Å². The van der Waals surface area contributed by atoms with E-state index in [1.54, 1.807) is 36.4 Å². The fraction of sp³-hybridized carbons (Fsp3) is 0. The molecule has 0 heterocycles. The van der Waals surface area contributed by atoms with E-state index in [9.17, 15) is 4.79 Å². The van der Waals surface area contributed by atoms with E-state index in [1.165, 1.54) is 0 Å². The van der Waals surface area contributed by atoms with Gasteiger partial charge in [0.1, 0.15) is 6.07 Å². The standard InChI is InChI=1S/C14H7BrCl2N2O/c15-9-5-4-8(7-18)12(6-9)19-14(20)10-2-1-3-11(16)13(10)17/h1-6H,(H,19,20). The van der Waals surface area contributed by atoms with Crippen LogP contribution >= 0.6 is 39.1 Å². The third-order valence-electron chi connectivity index (χ3n) is 2.55. The number of carbonyl (C=O) groups excluding carboxylic acids is 1. The first kappa shape index (κ1) is 14.9. The fourth-order valence-electron chi connectivity index (χ4n) is 1.59. The predicted molar refractivity (Wildman–Crippen MR) is 83.3 cm³/mol. The van der Waals surface area contributed by atoms with E-state index in [-0.39, 0.29) is 10.6 Å².